The minimum absolute atomic E-state index is 0.0555. The quantitative estimate of drug-likeness (QED) is 0.713. The van der Waals surface area contributed by atoms with Crippen molar-refractivity contribution in [2.24, 2.45) is 0 Å². The molecule has 1 aromatic carbocycles. The van der Waals surface area contributed by atoms with Gasteiger partial charge in [0.1, 0.15) is 11.7 Å². The predicted molar refractivity (Wildman–Crippen MR) is 66.8 cm³/mol. The third-order valence-electron chi connectivity index (χ3n) is 3.33. The van der Waals surface area contributed by atoms with Gasteiger partial charge in [0.25, 0.3) is 0 Å². The smallest absolute Gasteiger partial charge is 0.225 e. The van der Waals surface area contributed by atoms with Crippen LogP contribution < -0.4 is 0 Å². The van der Waals surface area contributed by atoms with Gasteiger partial charge in [-0.2, -0.15) is 5.10 Å². The van der Waals surface area contributed by atoms with Gasteiger partial charge in [-0.05, 0) is 11.6 Å². The van der Waals surface area contributed by atoms with Crippen LogP contribution in [0.5, 0.6) is 5.88 Å². The Morgan fingerprint density at radius 3 is 3.11 bits per heavy atom. The van der Waals surface area contributed by atoms with Crippen LogP contribution in [-0.2, 0) is 18.0 Å². The first-order valence-corrected chi connectivity index (χ1v) is 5.91. The van der Waals surface area contributed by atoms with Crippen LogP contribution in [0.25, 0.3) is 16.7 Å². The Morgan fingerprint density at radius 2 is 2.16 bits per heavy atom. The number of rotatable bonds is 1. The molecular formula is C13H10N4O2. The van der Waals surface area contributed by atoms with Gasteiger partial charge in [0, 0.05) is 5.56 Å². The fourth-order valence-corrected chi connectivity index (χ4v) is 2.39. The van der Waals surface area contributed by atoms with Crippen molar-refractivity contribution in [1.29, 1.82) is 0 Å². The molecule has 1 aliphatic heterocycles. The van der Waals surface area contributed by atoms with Crippen LogP contribution in [0.2, 0.25) is 0 Å². The molecule has 6 heteroatoms. The van der Waals surface area contributed by atoms with Gasteiger partial charge in [-0.1, -0.05) is 12.1 Å². The molecule has 0 saturated carbocycles. The van der Waals surface area contributed by atoms with E-state index >= 15 is 0 Å². The summed E-state index contributed by atoms with van der Waals surface area (Å²) in [4.78, 5) is 7.95. The third kappa shape index (κ3) is 1.43. The van der Waals surface area contributed by atoms with E-state index in [1.807, 2.05) is 18.2 Å². The summed E-state index contributed by atoms with van der Waals surface area (Å²) in [7, 11) is 0. The molecule has 1 aliphatic rings. The van der Waals surface area contributed by atoms with E-state index in [2.05, 4.69) is 15.1 Å². The summed E-state index contributed by atoms with van der Waals surface area (Å²) < 4.78 is 7.18. The lowest BCUT2D eigenvalue weighted by Gasteiger charge is -2.07. The van der Waals surface area contributed by atoms with Crippen molar-refractivity contribution in [3.63, 3.8) is 0 Å². The van der Waals surface area contributed by atoms with E-state index in [0.717, 1.165) is 11.3 Å². The molecule has 0 aliphatic carbocycles. The first-order valence-electron chi connectivity index (χ1n) is 5.91. The Hall–Kier alpha value is -2.47. The maximum Gasteiger partial charge on any atom is 0.225 e. The number of hydrogen-bond acceptors (Lipinski definition) is 5. The maximum atomic E-state index is 9.70. The highest BCUT2D eigenvalue weighted by molar-refractivity contribution is 5.81. The Kier molecular flexibility index (Phi) is 2.07. The van der Waals surface area contributed by atoms with E-state index in [4.69, 9.17) is 4.74 Å². The molecule has 0 saturated heterocycles. The molecule has 94 valence electrons. The molecule has 0 spiro atoms. The van der Waals surface area contributed by atoms with Gasteiger partial charge in [-0.3, -0.25) is 0 Å². The van der Waals surface area contributed by atoms with Crippen molar-refractivity contribution in [3.05, 3.63) is 41.9 Å². The molecule has 4 rings (SSSR count). The first kappa shape index (κ1) is 10.5. The average molecular weight is 254 g/mol. The molecule has 0 atom stereocenters. The van der Waals surface area contributed by atoms with Gasteiger partial charge >= 0.3 is 0 Å². The van der Waals surface area contributed by atoms with Gasteiger partial charge in [0.15, 0.2) is 5.65 Å². The average Bonchev–Trinajstić information content (AvgIpc) is 3.05. The van der Waals surface area contributed by atoms with E-state index < -0.39 is 0 Å². The lowest BCUT2D eigenvalue weighted by Crippen LogP contribution is -2.02. The van der Waals surface area contributed by atoms with Crippen molar-refractivity contribution in [2.75, 3.05) is 0 Å². The molecule has 2 aromatic heterocycles. The highest BCUT2D eigenvalue weighted by atomic mass is 16.5. The van der Waals surface area contributed by atoms with Gasteiger partial charge < -0.3 is 9.84 Å². The molecular weight excluding hydrogens is 244 g/mol. The fraction of sp³-hybridized carbons (Fsp3) is 0.154. The molecule has 3 heterocycles. The fourth-order valence-electron chi connectivity index (χ4n) is 2.39. The zero-order chi connectivity index (χ0) is 12.8. The summed E-state index contributed by atoms with van der Waals surface area (Å²) in [5.74, 6) is -0.0555. The van der Waals surface area contributed by atoms with Gasteiger partial charge in [-0.15, -0.1) is 0 Å². The lowest BCUT2D eigenvalue weighted by molar-refractivity contribution is 0.134. The molecule has 3 aromatic rings. The number of benzene rings is 1. The van der Waals surface area contributed by atoms with E-state index in [9.17, 15) is 5.11 Å². The second kappa shape index (κ2) is 3.76. The van der Waals surface area contributed by atoms with Crippen molar-refractivity contribution < 1.29 is 9.84 Å². The van der Waals surface area contributed by atoms with Crippen LogP contribution in [0.15, 0.2) is 30.7 Å². The summed E-state index contributed by atoms with van der Waals surface area (Å²) in [5.41, 5.74) is 3.81. The minimum atomic E-state index is -0.0555. The summed E-state index contributed by atoms with van der Waals surface area (Å²) in [5, 5.41) is 14.5. The van der Waals surface area contributed by atoms with E-state index in [1.54, 1.807) is 10.9 Å². The highest BCUT2D eigenvalue weighted by Crippen LogP contribution is 2.28. The van der Waals surface area contributed by atoms with E-state index in [1.165, 1.54) is 11.9 Å². The SMILES string of the molecule is Oc1ncnc2c1cnn2-c1cccc2c1COC2. The molecule has 1 N–H and O–H groups in total. The van der Waals surface area contributed by atoms with Gasteiger partial charge in [0.05, 0.1) is 25.1 Å². The normalized spacial score (nSPS) is 13.9. The maximum absolute atomic E-state index is 9.70. The number of nitrogens with zero attached hydrogens (tertiary/aromatic N) is 4. The molecule has 0 amide bonds. The highest BCUT2D eigenvalue weighted by Gasteiger charge is 2.18. The predicted octanol–water partition coefficient (Wildman–Crippen LogP) is 1.55. The lowest BCUT2D eigenvalue weighted by atomic mass is 10.1. The minimum Gasteiger partial charge on any atom is -0.493 e. The number of hydrogen-bond donors (Lipinski definition) is 1. The Labute approximate surface area is 108 Å². The van der Waals surface area contributed by atoms with Crippen molar-refractivity contribution >= 4 is 11.0 Å². The Morgan fingerprint density at radius 1 is 1.21 bits per heavy atom. The summed E-state index contributed by atoms with van der Waals surface area (Å²) in [6, 6.07) is 5.99. The van der Waals surface area contributed by atoms with Crippen LogP contribution in [0.3, 0.4) is 0 Å². The third-order valence-corrected chi connectivity index (χ3v) is 3.33. The molecule has 0 bridgehead atoms. The van der Waals surface area contributed by atoms with E-state index in [0.29, 0.717) is 24.2 Å². The molecule has 19 heavy (non-hydrogen) atoms. The van der Waals surface area contributed by atoms with Crippen molar-refractivity contribution in [2.45, 2.75) is 13.2 Å². The summed E-state index contributed by atoms with van der Waals surface area (Å²) in [6.45, 7) is 1.20. The van der Waals surface area contributed by atoms with Crippen LogP contribution in [0, 0.1) is 0 Å². The number of fused-ring (bicyclic) bond motifs is 2. The summed E-state index contributed by atoms with van der Waals surface area (Å²) >= 11 is 0. The largest absolute Gasteiger partial charge is 0.493 e. The monoisotopic (exact) mass is 254 g/mol. The molecule has 0 radical (unpaired) electrons. The molecule has 0 unspecified atom stereocenters. The van der Waals surface area contributed by atoms with Gasteiger partial charge in [0.2, 0.25) is 5.88 Å². The first-order chi connectivity index (χ1) is 9.34. The van der Waals surface area contributed by atoms with Crippen molar-refractivity contribution in [1.82, 2.24) is 19.7 Å². The number of aromatic hydroxyl groups is 1. The Balaban J connectivity index is 2.01. The summed E-state index contributed by atoms with van der Waals surface area (Å²) in [6.07, 6.45) is 2.90. The second-order valence-corrected chi connectivity index (χ2v) is 4.40. The van der Waals surface area contributed by atoms with Crippen LogP contribution in [0.4, 0.5) is 0 Å². The van der Waals surface area contributed by atoms with Crippen molar-refractivity contribution in [3.8, 4) is 11.6 Å². The molecule has 0 fully saturated rings. The zero-order valence-electron chi connectivity index (χ0n) is 9.95. The van der Waals surface area contributed by atoms with Crippen LogP contribution in [0.1, 0.15) is 11.1 Å². The molecule has 6 nitrogen and oxygen atoms in total. The van der Waals surface area contributed by atoms with Crippen LogP contribution >= 0.6 is 0 Å². The topological polar surface area (TPSA) is 73.1 Å². The zero-order valence-corrected chi connectivity index (χ0v) is 9.95. The van der Waals surface area contributed by atoms with E-state index in [-0.39, 0.29) is 5.88 Å². The second-order valence-electron chi connectivity index (χ2n) is 4.40. The number of aromatic nitrogens is 4. The standard InChI is InChI=1S/C13H10N4O2/c18-13-9-4-16-17(12(9)14-7-15-13)11-3-1-2-8-5-19-6-10(8)11/h1-4,7H,5-6H2,(H,14,15,18). The van der Waals surface area contributed by atoms with Crippen LogP contribution in [-0.4, -0.2) is 24.9 Å². The van der Waals surface area contributed by atoms with Gasteiger partial charge in [-0.25, -0.2) is 14.6 Å². The Bertz CT molecular complexity index is 781. The number of ether oxygens (including phenoxy) is 1.